The van der Waals surface area contributed by atoms with E-state index in [0.717, 1.165) is 29.7 Å². The first-order valence-corrected chi connectivity index (χ1v) is 10.6. The summed E-state index contributed by atoms with van der Waals surface area (Å²) in [5.41, 5.74) is 5.09. The lowest BCUT2D eigenvalue weighted by Crippen LogP contribution is -2.33. The molecule has 0 bridgehead atoms. The number of rotatable bonds is 6. The van der Waals surface area contributed by atoms with Crippen molar-refractivity contribution in [2.45, 2.75) is 53.4 Å². The number of furan rings is 1. The van der Waals surface area contributed by atoms with Gasteiger partial charge in [0.15, 0.2) is 0 Å². The standard InChI is InChI=1S/C25H30N2O4/c1-7-17-10-9-11-18(8-2)23(17)27-24(28)20-15(4)26-16(5)21(25(29)30-6)22(20)19-13-12-14(3)31-19/h9-13,22,26H,7-8H2,1-6H3,(H,27,28). The number of allylic oxidation sites excluding steroid dienone is 2. The normalized spacial score (nSPS) is 16.3. The molecule has 1 amide bonds. The lowest BCUT2D eigenvalue weighted by atomic mass is 9.83. The Morgan fingerprint density at radius 3 is 2.13 bits per heavy atom. The van der Waals surface area contributed by atoms with E-state index in [4.69, 9.17) is 9.15 Å². The molecule has 0 fully saturated rings. The van der Waals surface area contributed by atoms with Crippen LogP contribution in [-0.4, -0.2) is 19.0 Å². The molecule has 1 aromatic heterocycles. The molecule has 6 nitrogen and oxygen atoms in total. The average molecular weight is 423 g/mol. The number of nitrogens with one attached hydrogen (secondary N) is 2. The number of aryl methyl sites for hydroxylation is 3. The molecule has 3 rings (SSSR count). The predicted octanol–water partition coefficient (Wildman–Crippen LogP) is 4.76. The van der Waals surface area contributed by atoms with Crippen LogP contribution in [0.25, 0.3) is 0 Å². The number of dihydropyridines is 1. The number of esters is 1. The molecule has 0 spiro atoms. The van der Waals surface area contributed by atoms with E-state index in [1.807, 2.05) is 38.1 Å². The summed E-state index contributed by atoms with van der Waals surface area (Å²) in [4.78, 5) is 26.3. The van der Waals surface area contributed by atoms with Crippen molar-refractivity contribution >= 4 is 17.6 Å². The van der Waals surface area contributed by atoms with Gasteiger partial charge in [0.2, 0.25) is 0 Å². The fourth-order valence-electron chi connectivity index (χ4n) is 4.15. The lowest BCUT2D eigenvalue weighted by molar-refractivity contribution is -0.136. The van der Waals surface area contributed by atoms with Crippen LogP contribution in [0.15, 0.2) is 57.3 Å². The third kappa shape index (κ3) is 4.29. The maximum absolute atomic E-state index is 13.6. The monoisotopic (exact) mass is 422 g/mol. The van der Waals surface area contributed by atoms with Gasteiger partial charge in [-0.25, -0.2) is 4.79 Å². The van der Waals surface area contributed by atoms with Gasteiger partial charge in [0, 0.05) is 17.1 Å². The second-order valence-corrected chi connectivity index (χ2v) is 7.69. The molecule has 1 atom stereocenters. The number of carbonyl (C=O) groups excluding carboxylic acids is 2. The molecule has 0 aliphatic carbocycles. The van der Waals surface area contributed by atoms with Crippen molar-refractivity contribution in [1.82, 2.24) is 5.32 Å². The molecular weight excluding hydrogens is 392 g/mol. The summed E-state index contributed by atoms with van der Waals surface area (Å²) in [5, 5.41) is 6.31. The highest BCUT2D eigenvalue weighted by molar-refractivity contribution is 6.09. The molecule has 1 aromatic carbocycles. The second-order valence-electron chi connectivity index (χ2n) is 7.69. The first kappa shape index (κ1) is 22.4. The third-order valence-electron chi connectivity index (χ3n) is 5.69. The van der Waals surface area contributed by atoms with E-state index in [0.29, 0.717) is 34.1 Å². The van der Waals surface area contributed by atoms with Gasteiger partial charge >= 0.3 is 5.97 Å². The predicted molar refractivity (Wildman–Crippen MR) is 121 cm³/mol. The quantitative estimate of drug-likeness (QED) is 0.656. The zero-order valence-electron chi connectivity index (χ0n) is 19.0. The third-order valence-corrected chi connectivity index (χ3v) is 5.69. The number of methoxy groups -OCH3 is 1. The fourth-order valence-corrected chi connectivity index (χ4v) is 4.15. The van der Waals surface area contributed by atoms with E-state index in [1.165, 1.54) is 7.11 Å². The van der Waals surface area contributed by atoms with Gasteiger partial charge < -0.3 is 19.8 Å². The Balaban J connectivity index is 2.11. The first-order valence-electron chi connectivity index (χ1n) is 10.6. The van der Waals surface area contributed by atoms with Gasteiger partial charge in [0.1, 0.15) is 11.5 Å². The number of para-hydroxylation sites is 1. The summed E-state index contributed by atoms with van der Waals surface area (Å²) in [6.45, 7) is 9.59. The Morgan fingerprint density at radius 2 is 1.61 bits per heavy atom. The topological polar surface area (TPSA) is 80.6 Å². The molecule has 2 N–H and O–H groups in total. The van der Waals surface area contributed by atoms with Crippen molar-refractivity contribution < 1.29 is 18.7 Å². The number of amides is 1. The smallest absolute Gasteiger partial charge is 0.336 e. The molecule has 1 aliphatic rings. The SMILES string of the molecule is CCc1cccc(CC)c1NC(=O)C1=C(C)NC(C)=C(C(=O)OC)C1c1ccc(C)o1. The Hall–Kier alpha value is -3.28. The van der Waals surface area contributed by atoms with Gasteiger partial charge in [-0.3, -0.25) is 4.79 Å². The van der Waals surface area contributed by atoms with Crippen LogP contribution in [0.4, 0.5) is 5.69 Å². The number of hydrogen-bond donors (Lipinski definition) is 2. The Morgan fingerprint density at radius 1 is 1.00 bits per heavy atom. The van der Waals surface area contributed by atoms with Gasteiger partial charge in [-0.05, 0) is 56.9 Å². The minimum absolute atomic E-state index is 0.270. The van der Waals surface area contributed by atoms with Crippen LogP contribution in [0.2, 0.25) is 0 Å². The Bertz CT molecular complexity index is 1050. The van der Waals surface area contributed by atoms with E-state index >= 15 is 0 Å². The highest BCUT2D eigenvalue weighted by atomic mass is 16.5. The summed E-state index contributed by atoms with van der Waals surface area (Å²) in [6, 6.07) is 9.68. The minimum Gasteiger partial charge on any atom is -0.466 e. The van der Waals surface area contributed by atoms with Crippen molar-refractivity contribution in [2.24, 2.45) is 0 Å². The van der Waals surface area contributed by atoms with Gasteiger partial charge in [-0.15, -0.1) is 0 Å². The maximum Gasteiger partial charge on any atom is 0.336 e. The van der Waals surface area contributed by atoms with Gasteiger partial charge in [-0.1, -0.05) is 32.0 Å². The number of anilines is 1. The number of benzene rings is 1. The van der Waals surface area contributed by atoms with E-state index in [-0.39, 0.29) is 5.91 Å². The number of ether oxygens (including phenoxy) is 1. The van der Waals surface area contributed by atoms with E-state index < -0.39 is 11.9 Å². The lowest BCUT2D eigenvalue weighted by Gasteiger charge is -2.29. The molecule has 31 heavy (non-hydrogen) atoms. The summed E-state index contributed by atoms with van der Waals surface area (Å²) < 4.78 is 10.9. The molecule has 0 saturated heterocycles. The van der Waals surface area contributed by atoms with Crippen molar-refractivity contribution in [1.29, 1.82) is 0 Å². The van der Waals surface area contributed by atoms with Crippen LogP contribution < -0.4 is 10.6 Å². The molecule has 2 heterocycles. The molecule has 1 unspecified atom stereocenters. The average Bonchev–Trinajstić information content (AvgIpc) is 3.18. The van der Waals surface area contributed by atoms with Gasteiger partial charge in [0.25, 0.3) is 5.91 Å². The van der Waals surface area contributed by atoms with Crippen LogP contribution in [-0.2, 0) is 27.2 Å². The van der Waals surface area contributed by atoms with Crippen molar-refractivity contribution in [3.8, 4) is 0 Å². The molecule has 2 aromatic rings. The van der Waals surface area contributed by atoms with Crippen LogP contribution >= 0.6 is 0 Å². The summed E-state index contributed by atoms with van der Waals surface area (Å²) in [7, 11) is 1.34. The zero-order valence-corrected chi connectivity index (χ0v) is 19.0. The molecular formula is C25H30N2O4. The Labute approximate surface area is 183 Å². The summed E-state index contributed by atoms with van der Waals surface area (Å²) >= 11 is 0. The highest BCUT2D eigenvalue weighted by Gasteiger charge is 2.39. The highest BCUT2D eigenvalue weighted by Crippen LogP contribution is 2.40. The largest absolute Gasteiger partial charge is 0.466 e. The number of hydrogen-bond acceptors (Lipinski definition) is 5. The number of carbonyl (C=O) groups is 2. The van der Waals surface area contributed by atoms with Crippen LogP contribution in [0.3, 0.4) is 0 Å². The van der Waals surface area contributed by atoms with Gasteiger partial charge in [-0.2, -0.15) is 0 Å². The fraction of sp³-hybridized carbons (Fsp3) is 0.360. The minimum atomic E-state index is -0.665. The summed E-state index contributed by atoms with van der Waals surface area (Å²) in [5.74, 6) is -0.194. The zero-order chi connectivity index (χ0) is 22.7. The molecule has 6 heteroatoms. The van der Waals surface area contributed by atoms with Gasteiger partial charge in [0.05, 0.1) is 24.2 Å². The van der Waals surface area contributed by atoms with Crippen molar-refractivity contribution in [3.63, 3.8) is 0 Å². The molecule has 164 valence electrons. The molecule has 0 radical (unpaired) electrons. The first-order chi connectivity index (χ1) is 14.8. The molecule has 0 saturated carbocycles. The van der Waals surface area contributed by atoms with E-state index in [9.17, 15) is 9.59 Å². The van der Waals surface area contributed by atoms with Crippen LogP contribution in [0, 0.1) is 6.92 Å². The van der Waals surface area contributed by atoms with Crippen LogP contribution in [0.5, 0.6) is 0 Å². The van der Waals surface area contributed by atoms with Crippen molar-refractivity contribution in [2.75, 3.05) is 12.4 Å². The van der Waals surface area contributed by atoms with E-state index in [1.54, 1.807) is 13.0 Å². The second kappa shape index (κ2) is 9.25. The van der Waals surface area contributed by atoms with Crippen molar-refractivity contribution in [3.05, 3.63) is 75.5 Å². The summed E-state index contributed by atoms with van der Waals surface area (Å²) in [6.07, 6.45) is 1.60. The molecule has 1 aliphatic heterocycles. The van der Waals surface area contributed by atoms with Crippen LogP contribution in [0.1, 0.15) is 56.3 Å². The van der Waals surface area contributed by atoms with E-state index in [2.05, 4.69) is 24.5 Å². The maximum atomic E-state index is 13.6. The Kier molecular flexibility index (Phi) is 6.68.